The number of hydrogen-bond donors (Lipinski definition) is 0. The summed E-state index contributed by atoms with van der Waals surface area (Å²) in [5.41, 5.74) is 1.38. The second-order valence-electron chi connectivity index (χ2n) is 9.26. The molecular formula is C25H36N6O. The Labute approximate surface area is 192 Å². The Bertz CT molecular complexity index is 809. The highest BCUT2D eigenvalue weighted by molar-refractivity contribution is 5.38. The lowest BCUT2D eigenvalue weighted by molar-refractivity contribution is -0.0459. The molecule has 0 bridgehead atoms. The van der Waals surface area contributed by atoms with Crippen molar-refractivity contribution in [1.82, 2.24) is 24.7 Å². The molecule has 3 aliphatic heterocycles. The molecule has 3 aliphatic rings. The van der Waals surface area contributed by atoms with Crippen LogP contribution in [0.15, 0.2) is 42.9 Å². The van der Waals surface area contributed by atoms with Crippen LogP contribution < -0.4 is 9.64 Å². The number of ether oxygens (including phenoxy) is 1. The standard InChI is InChI=1S/C25H36N6O/c1-32-22-8-6-21(7-9-22)11-17-31-24(28-13-2-3-14-28)18-30(23-10-12-26-20-27-23)19-25(31)29-15-4-5-16-29/h6-10,12,20,24-25H,2-5,11,13-19H2,1H3. The molecule has 7 nitrogen and oxygen atoms in total. The van der Waals surface area contributed by atoms with Crippen LogP contribution in [0.4, 0.5) is 5.82 Å². The van der Waals surface area contributed by atoms with Crippen molar-refractivity contribution in [3.8, 4) is 5.75 Å². The molecule has 1 aromatic carbocycles. The van der Waals surface area contributed by atoms with Crippen LogP contribution in [-0.2, 0) is 6.42 Å². The molecule has 2 atom stereocenters. The Kier molecular flexibility index (Phi) is 6.86. The summed E-state index contributed by atoms with van der Waals surface area (Å²) in [6, 6.07) is 10.7. The van der Waals surface area contributed by atoms with Crippen LogP contribution in [0.5, 0.6) is 5.75 Å². The van der Waals surface area contributed by atoms with Gasteiger partial charge >= 0.3 is 0 Å². The van der Waals surface area contributed by atoms with Gasteiger partial charge in [0.1, 0.15) is 17.9 Å². The molecule has 0 saturated carbocycles. The van der Waals surface area contributed by atoms with E-state index in [1.54, 1.807) is 13.4 Å². The zero-order valence-corrected chi connectivity index (χ0v) is 19.3. The van der Waals surface area contributed by atoms with Gasteiger partial charge in [0.2, 0.25) is 0 Å². The summed E-state index contributed by atoms with van der Waals surface area (Å²) < 4.78 is 5.35. The molecule has 1 aromatic heterocycles. The second kappa shape index (κ2) is 10.1. The number of hydrogen-bond acceptors (Lipinski definition) is 7. The highest BCUT2D eigenvalue weighted by atomic mass is 16.5. The van der Waals surface area contributed by atoms with Gasteiger partial charge in [-0.05, 0) is 82.0 Å². The third-order valence-electron chi connectivity index (χ3n) is 7.37. The molecule has 2 aromatic rings. The third-order valence-corrected chi connectivity index (χ3v) is 7.37. The number of anilines is 1. The molecule has 0 spiro atoms. The molecule has 2 unspecified atom stereocenters. The van der Waals surface area contributed by atoms with Crippen molar-refractivity contribution in [3.63, 3.8) is 0 Å². The second-order valence-corrected chi connectivity index (χ2v) is 9.26. The summed E-state index contributed by atoms with van der Waals surface area (Å²) in [5, 5.41) is 0. The largest absolute Gasteiger partial charge is 0.497 e. The number of piperazine rings is 1. The lowest BCUT2D eigenvalue weighted by Crippen LogP contribution is -2.68. The summed E-state index contributed by atoms with van der Waals surface area (Å²) >= 11 is 0. The third kappa shape index (κ3) is 4.75. The predicted molar refractivity (Wildman–Crippen MR) is 127 cm³/mol. The van der Waals surface area contributed by atoms with Crippen molar-refractivity contribution in [3.05, 3.63) is 48.4 Å². The van der Waals surface area contributed by atoms with Gasteiger partial charge in [-0.2, -0.15) is 0 Å². The first-order valence-corrected chi connectivity index (χ1v) is 12.2. The zero-order chi connectivity index (χ0) is 21.8. The lowest BCUT2D eigenvalue weighted by Gasteiger charge is -2.52. The quantitative estimate of drug-likeness (QED) is 0.661. The molecule has 0 radical (unpaired) electrons. The van der Waals surface area contributed by atoms with E-state index in [1.807, 2.05) is 6.20 Å². The van der Waals surface area contributed by atoms with E-state index >= 15 is 0 Å². The first-order chi connectivity index (χ1) is 15.8. The van der Waals surface area contributed by atoms with E-state index in [-0.39, 0.29) is 0 Å². The maximum atomic E-state index is 5.35. The first kappa shape index (κ1) is 21.6. The van der Waals surface area contributed by atoms with Crippen LogP contribution in [0.25, 0.3) is 0 Å². The van der Waals surface area contributed by atoms with Gasteiger partial charge in [-0.15, -0.1) is 0 Å². The molecule has 172 valence electrons. The fourth-order valence-electron chi connectivity index (χ4n) is 5.61. The molecule has 5 rings (SSSR count). The SMILES string of the molecule is COc1ccc(CCN2C(N3CCCC3)CN(c3ccncn3)CC2N2CCCC2)cc1. The van der Waals surface area contributed by atoms with Gasteiger partial charge in [0.25, 0.3) is 0 Å². The van der Waals surface area contributed by atoms with Crippen LogP contribution in [-0.4, -0.2) is 89.9 Å². The number of methoxy groups -OCH3 is 1. The summed E-state index contributed by atoms with van der Waals surface area (Å²) in [6.45, 7) is 7.89. The van der Waals surface area contributed by atoms with E-state index in [2.05, 4.69) is 59.9 Å². The molecule has 3 saturated heterocycles. The number of nitrogens with zero attached hydrogens (tertiary/aromatic N) is 6. The minimum Gasteiger partial charge on any atom is -0.497 e. The molecule has 0 N–H and O–H groups in total. The fraction of sp³-hybridized carbons (Fsp3) is 0.600. The maximum Gasteiger partial charge on any atom is 0.132 e. The molecule has 3 fully saturated rings. The molecule has 32 heavy (non-hydrogen) atoms. The van der Waals surface area contributed by atoms with Crippen molar-refractivity contribution in [2.75, 3.05) is 57.8 Å². The van der Waals surface area contributed by atoms with Crippen molar-refractivity contribution < 1.29 is 4.74 Å². The average Bonchev–Trinajstić information content (AvgIpc) is 3.58. The van der Waals surface area contributed by atoms with E-state index in [0.717, 1.165) is 37.6 Å². The summed E-state index contributed by atoms with van der Waals surface area (Å²) in [4.78, 5) is 19.5. The molecular weight excluding hydrogens is 400 g/mol. The number of aromatic nitrogens is 2. The van der Waals surface area contributed by atoms with Gasteiger partial charge in [0.05, 0.1) is 19.4 Å². The summed E-state index contributed by atoms with van der Waals surface area (Å²) in [6.07, 6.45) is 10.7. The topological polar surface area (TPSA) is 48.0 Å². The minimum absolute atomic E-state index is 0.421. The number of likely N-dealkylation sites (tertiary alicyclic amines) is 2. The van der Waals surface area contributed by atoms with Crippen LogP contribution in [0.1, 0.15) is 31.2 Å². The van der Waals surface area contributed by atoms with E-state index in [9.17, 15) is 0 Å². The minimum atomic E-state index is 0.421. The Morgan fingerprint density at radius 2 is 1.50 bits per heavy atom. The molecule has 0 aliphatic carbocycles. The normalized spacial score (nSPS) is 25.5. The van der Waals surface area contributed by atoms with Crippen molar-refractivity contribution >= 4 is 5.82 Å². The summed E-state index contributed by atoms with van der Waals surface area (Å²) in [5.74, 6) is 1.99. The number of benzene rings is 1. The van der Waals surface area contributed by atoms with Gasteiger partial charge < -0.3 is 9.64 Å². The van der Waals surface area contributed by atoms with Crippen molar-refractivity contribution in [1.29, 1.82) is 0 Å². The highest BCUT2D eigenvalue weighted by Gasteiger charge is 2.41. The van der Waals surface area contributed by atoms with Crippen LogP contribution in [0.2, 0.25) is 0 Å². The lowest BCUT2D eigenvalue weighted by atomic mass is 10.1. The average molecular weight is 437 g/mol. The molecule has 0 amide bonds. The summed E-state index contributed by atoms with van der Waals surface area (Å²) in [7, 11) is 1.73. The van der Waals surface area contributed by atoms with Gasteiger partial charge in [-0.1, -0.05) is 12.1 Å². The molecule has 4 heterocycles. The monoisotopic (exact) mass is 436 g/mol. The smallest absolute Gasteiger partial charge is 0.132 e. The Morgan fingerprint density at radius 3 is 2.03 bits per heavy atom. The van der Waals surface area contributed by atoms with E-state index < -0.39 is 0 Å². The Balaban J connectivity index is 1.39. The number of rotatable bonds is 7. The van der Waals surface area contributed by atoms with Gasteiger partial charge in [-0.25, -0.2) is 9.97 Å². The van der Waals surface area contributed by atoms with E-state index in [0.29, 0.717) is 12.3 Å². The van der Waals surface area contributed by atoms with Gasteiger partial charge in [0.15, 0.2) is 0 Å². The fourth-order valence-corrected chi connectivity index (χ4v) is 5.61. The van der Waals surface area contributed by atoms with Gasteiger partial charge in [-0.3, -0.25) is 14.7 Å². The Morgan fingerprint density at radius 1 is 0.875 bits per heavy atom. The predicted octanol–water partition coefficient (Wildman–Crippen LogP) is 2.69. The van der Waals surface area contributed by atoms with Crippen molar-refractivity contribution in [2.24, 2.45) is 0 Å². The maximum absolute atomic E-state index is 5.35. The molecule has 7 heteroatoms. The zero-order valence-electron chi connectivity index (χ0n) is 19.3. The van der Waals surface area contributed by atoms with Crippen LogP contribution in [0, 0.1) is 0 Å². The van der Waals surface area contributed by atoms with Crippen LogP contribution >= 0.6 is 0 Å². The van der Waals surface area contributed by atoms with Crippen LogP contribution in [0.3, 0.4) is 0 Å². The highest BCUT2D eigenvalue weighted by Crippen LogP contribution is 2.29. The first-order valence-electron chi connectivity index (χ1n) is 12.2. The van der Waals surface area contributed by atoms with Gasteiger partial charge in [0, 0.05) is 25.8 Å². The van der Waals surface area contributed by atoms with Crippen molar-refractivity contribution in [2.45, 2.75) is 44.4 Å². The Hall–Kier alpha value is -2.22. The van der Waals surface area contributed by atoms with E-state index in [1.165, 1.54) is 57.4 Å². The van der Waals surface area contributed by atoms with E-state index in [4.69, 9.17) is 4.74 Å².